The van der Waals surface area contributed by atoms with Crippen LogP contribution in [0.25, 0.3) is 6.08 Å². The van der Waals surface area contributed by atoms with Crippen molar-refractivity contribution in [3.63, 3.8) is 0 Å². The fourth-order valence-electron chi connectivity index (χ4n) is 3.37. The van der Waals surface area contributed by atoms with Crippen LogP contribution >= 0.6 is 0 Å². The maximum atomic E-state index is 5.30. The molecule has 0 amide bonds. The molecule has 3 aromatic rings. The lowest BCUT2D eigenvalue weighted by molar-refractivity contribution is 0.415. The molecule has 0 saturated carbocycles. The number of benzene rings is 3. The summed E-state index contributed by atoms with van der Waals surface area (Å²) in [7, 11) is 1.69. The third-order valence-electron chi connectivity index (χ3n) is 4.89. The van der Waals surface area contributed by atoms with Crippen molar-refractivity contribution in [2.75, 3.05) is 12.0 Å². The lowest BCUT2D eigenvalue weighted by atomic mass is 9.91. The first-order valence-corrected chi connectivity index (χ1v) is 9.07. The summed E-state index contributed by atoms with van der Waals surface area (Å²) in [5.74, 6) is 1.93. The average molecular weight is 354 g/mol. The van der Waals surface area contributed by atoms with Gasteiger partial charge in [0, 0.05) is 12.1 Å². The van der Waals surface area contributed by atoms with Crippen LogP contribution in [-0.4, -0.2) is 12.9 Å². The third kappa shape index (κ3) is 3.49. The molecular weight excluding hydrogens is 332 g/mol. The van der Waals surface area contributed by atoms with Crippen molar-refractivity contribution in [2.24, 2.45) is 4.99 Å². The minimum Gasteiger partial charge on any atom is -0.497 e. The van der Waals surface area contributed by atoms with Crippen molar-refractivity contribution in [3.8, 4) is 5.75 Å². The molecule has 1 aliphatic heterocycles. The van der Waals surface area contributed by atoms with Gasteiger partial charge in [-0.05, 0) is 47.5 Å². The number of ether oxygens (including phenoxy) is 1. The molecule has 1 fully saturated rings. The van der Waals surface area contributed by atoms with Crippen LogP contribution in [0.1, 0.15) is 23.6 Å². The summed E-state index contributed by atoms with van der Waals surface area (Å²) in [4.78, 5) is 7.17. The molecule has 1 atom stereocenters. The predicted octanol–water partition coefficient (Wildman–Crippen LogP) is 6.02. The summed E-state index contributed by atoms with van der Waals surface area (Å²) in [6, 6.07) is 27.1. The van der Waals surface area contributed by atoms with Crippen LogP contribution in [0.5, 0.6) is 5.75 Å². The minimum atomic E-state index is 0.278. The van der Waals surface area contributed by atoms with Gasteiger partial charge in [-0.2, -0.15) is 0 Å². The van der Waals surface area contributed by atoms with Crippen molar-refractivity contribution in [2.45, 2.75) is 12.5 Å². The van der Waals surface area contributed by atoms with E-state index in [0.717, 1.165) is 34.9 Å². The Kier molecular flexibility index (Phi) is 4.75. The van der Waals surface area contributed by atoms with E-state index in [-0.39, 0.29) is 6.04 Å². The molecule has 1 heterocycles. The van der Waals surface area contributed by atoms with Gasteiger partial charge < -0.3 is 9.64 Å². The zero-order valence-corrected chi connectivity index (χ0v) is 15.4. The molecule has 4 rings (SSSR count). The van der Waals surface area contributed by atoms with Crippen molar-refractivity contribution in [1.29, 1.82) is 0 Å². The van der Waals surface area contributed by atoms with Gasteiger partial charge in [-0.25, -0.2) is 4.99 Å². The Hall–Kier alpha value is -3.33. The van der Waals surface area contributed by atoms with E-state index in [4.69, 9.17) is 9.73 Å². The Bertz CT molecular complexity index is 944. The molecule has 0 aliphatic carbocycles. The summed E-state index contributed by atoms with van der Waals surface area (Å²) in [5, 5.41) is 0. The van der Waals surface area contributed by atoms with Crippen LogP contribution in [0.4, 0.5) is 11.4 Å². The van der Waals surface area contributed by atoms with E-state index >= 15 is 0 Å². The highest BCUT2D eigenvalue weighted by Gasteiger charge is 2.36. The summed E-state index contributed by atoms with van der Waals surface area (Å²) in [5.41, 5.74) is 4.51. The summed E-state index contributed by atoms with van der Waals surface area (Å²) < 4.78 is 5.30. The van der Waals surface area contributed by atoms with Crippen LogP contribution in [-0.2, 0) is 0 Å². The number of para-hydroxylation sites is 1. The number of nitrogens with zero attached hydrogens (tertiary/aromatic N) is 2. The Morgan fingerprint density at radius 2 is 1.67 bits per heavy atom. The minimum absolute atomic E-state index is 0.278. The quantitative estimate of drug-likeness (QED) is 0.560. The van der Waals surface area contributed by atoms with E-state index in [1.807, 2.05) is 48.5 Å². The molecule has 1 aliphatic rings. The molecule has 1 unspecified atom stereocenters. The topological polar surface area (TPSA) is 24.8 Å². The second-order valence-corrected chi connectivity index (χ2v) is 6.52. The molecule has 3 aromatic carbocycles. The number of hydrogen-bond donors (Lipinski definition) is 0. The molecule has 1 saturated heterocycles. The highest BCUT2D eigenvalue weighted by Crippen LogP contribution is 2.41. The standard InChI is InChI=1S/C24H22N2O/c1-3-18-9-11-19(12-10-18)23-17-24(25-20-7-5-4-6-8-20)26(23)21-13-15-22(27-2)16-14-21/h3-16,23H,1,17H2,2H3/b25-24+. The van der Waals surface area contributed by atoms with Gasteiger partial charge in [-0.15, -0.1) is 0 Å². The fraction of sp³-hybridized carbons (Fsp3) is 0.125. The lowest BCUT2D eigenvalue weighted by Gasteiger charge is -2.44. The lowest BCUT2D eigenvalue weighted by Crippen LogP contribution is -2.46. The van der Waals surface area contributed by atoms with E-state index in [9.17, 15) is 0 Å². The summed E-state index contributed by atoms with van der Waals surface area (Å²) in [6.45, 7) is 3.84. The molecule has 0 N–H and O–H groups in total. The third-order valence-corrected chi connectivity index (χ3v) is 4.89. The van der Waals surface area contributed by atoms with Gasteiger partial charge in [-0.3, -0.25) is 0 Å². The zero-order chi connectivity index (χ0) is 18.6. The smallest absolute Gasteiger partial charge is 0.119 e. The van der Waals surface area contributed by atoms with Crippen LogP contribution in [0.2, 0.25) is 0 Å². The second-order valence-electron chi connectivity index (χ2n) is 6.52. The number of amidine groups is 1. The van der Waals surface area contributed by atoms with E-state index in [1.165, 1.54) is 5.56 Å². The molecule has 3 heteroatoms. The molecule has 0 bridgehead atoms. The number of anilines is 1. The van der Waals surface area contributed by atoms with Crippen molar-refractivity contribution >= 4 is 23.3 Å². The molecular formula is C24H22N2O. The molecule has 134 valence electrons. The highest BCUT2D eigenvalue weighted by molar-refractivity contribution is 6.06. The Balaban J connectivity index is 1.68. The number of hydrogen-bond acceptors (Lipinski definition) is 2. The van der Waals surface area contributed by atoms with Crippen molar-refractivity contribution in [3.05, 3.63) is 96.6 Å². The van der Waals surface area contributed by atoms with E-state index in [1.54, 1.807) is 7.11 Å². The number of aliphatic imine (C=N–C) groups is 1. The number of methoxy groups -OCH3 is 1. The molecule has 0 spiro atoms. The Morgan fingerprint density at radius 1 is 0.963 bits per heavy atom. The van der Waals surface area contributed by atoms with Crippen molar-refractivity contribution < 1.29 is 4.74 Å². The monoisotopic (exact) mass is 354 g/mol. The van der Waals surface area contributed by atoms with Gasteiger partial charge in [0.2, 0.25) is 0 Å². The van der Waals surface area contributed by atoms with E-state index in [0.29, 0.717) is 0 Å². The first kappa shape index (κ1) is 17.1. The first-order chi connectivity index (χ1) is 13.3. The van der Waals surface area contributed by atoms with Gasteiger partial charge in [0.25, 0.3) is 0 Å². The Labute approximate surface area is 160 Å². The van der Waals surface area contributed by atoms with Gasteiger partial charge in [0.15, 0.2) is 0 Å². The highest BCUT2D eigenvalue weighted by atomic mass is 16.5. The largest absolute Gasteiger partial charge is 0.497 e. The average Bonchev–Trinajstić information content (AvgIpc) is 2.72. The van der Waals surface area contributed by atoms with Crippen LogP contribution < -0.4 is 9.64 Å². The zero-order valence-electron chi connectivity index (χ0n) is 15.4. The fourth-order valence-corrected chi connectivity index (χ4v) is 3.37. The van der Waals surface area contributed by atoms with Crippen LogP contribution in [0, 0.1) is 0 Å². The molecule has 0 aromatic heterocycles. The Morgan fingerprint density at radius 3 is 2.30 bits per heavy atom. The first-order valence-electron chi connectivity index (χ1n) is 9.07. The SMILES string of the molecule is C=Cc1ccc(C2C/C(=N\c3ccccc3)N2c2ccc(OC)cc2)cc1. The molecule has 0 radical (unpaired) electrons. The molecule has 3 nitrogen and oxygen atoms in total. The maximum Gasteiger partial charge on any atom is 0.119 e. The van der Waals surface area contributed by atoms with Crippen LogP contribution in [0.3, 0.4) is 0 Å². The predicted molar refractivity (Wildman–Crippen MR) is 113 cm³/mol. The summed E-state index contributed by atoms with van der Waals surface area (Å²) >= 11 is 0. The normalized spacial score (nSPS) is 17.4. The van der Waals surface area contributed by atoms with E-state index in [2.05, 4.69) is 47.9 Å². The van der Waals surface area contributed by atoms with Gasteiger partial charge in [0.05, 0.1) is 18.8 Å². The van der Waals surface area contributed by atoms with Gasteiger partial charge in [-0.1, -0.05) is 55.1 Å². The second kappa shape index (κ2) is 7.50. The number of rotatable bonds is 5. The maximum absolute atomic E-state index is 5.30. The van der Waals surface area contributed by atoms with E-state index < -0.39 is 0 Å². The molecule has 27 heavy (non-hydrogen) atoms. The summed E-state index contributed by atoms with van der Waals surface area (Å²) in [6.07, 6.45) is 2.78. The van der Waals surface area contributed by atoms with Gasteiger partial charge >= 0.3 is 0 Å². The van der Waals surface area contributed by atoms with Gasteiger partial charge in [0.1, 0.15) is 11.6 Å². The van der Waals surface area contributed by atoms with Crippen molar-refractivity contribution in [1.82, 2.24) is 0 Å². The van der Waals surface area contributed by atoms with Crippen LogP contribution in [0.15, 0.2) is 90.4 Å².